The van der Waals surface area contributed by atoms with Crippen LogP contribution in [-0.2, 0) is 13.1 Å². The summed E-state index contributed by atoms with van der Waals surface area (Å²) in [5.41, 5.74) is 2.69. The van der Waals surface area contributed by atoms with E-state index in [1.807, 2.05) is 43.1 Å². The van der Waals surface area contributed by atoms with Crippen LogP contribution in [0, 0.1) is 5.82 Å². The fourth-order valence-corrected chi connectivity index (χ4v) is 2.59. The molecule has 0 aliphatic carbocycles. The number of benzene rings is 2. The van der Waals surface area contributed by atoms with Gasteiger partial charge in [0.1, 0.15) is 5.82 Å². The second-order valence-corrected chi connectivity index (χ2v) is 6.55. The van der Waals surface area contributed by atoms with Crippen LogP contribution in [0.25, 0.3) is 0 Å². The normalized spacial score (nSPS) is 11.2. The number of carbonyl (C=O) groups excluding carboxylic acids is 1. The van der Waals surface area contributed by atoms with Gasteiger partial charge in [0.2, 0.25) is 0 Å². The maximum atomic E-state index is 13.1. The van der Waals surface area contributed by atoms with Crippen molar-refractivity contribution in [3.63, 3.8) is 0 Å². The van der Waals surface area contributed by atoms with Crippen LogP contribution >= 0.6 is 0 Å². The lowest BCUT2D eigenvalue weighted by Gasteiger charge is -2.22. The van der Waals surface area contributed by atoms with Crippen molar-refractivity contribution in [1.82, 2.24) is 15.1 Å². The molecule has 0 fully saturated rings. The molecule has 0 spiro atoms. The highest BCUT2D eigenvalue weighted by Crippen LogP contribution is 2.09. The van der Waals surface area contributed by atoms with E-state index in [1.54, 1.807) is 31.1 Å². The van der Waals surface area contributed by atoms with Crippen molar-refractivity contribution in [1.29, 1.82) is 0 Å². The average Bonchev–Trinajstić information content (AvgIpc) is 2.66. The molecule has 0 aromatic heterocycles. The van der Waals surface area contributed by atoms with Crippen LogP contribution in [0.3, 0.4) is 0 Å². The Morgan fingerprint density at radius 3 is 2.15 bits per heavy atom. The summed E-state index contributed by atoms with van der Waals surface area (Å²) in [6.07, 6.45) is 0. The first-order valence-electron chi connectivity index (χ1n) is 8.95. The van der Waals surface area contributed by atoms with Crippen molar-refractivity contribution in [3.05, 3.63) is 71.0 Å². The molecule has 0 bridgehead atoms. The van der Waals surface area contributed by atoms with Crippen LogP contribution < -0.4 is 5.32 Å². The minimum absolute atomic E-state index is 0.0163. The molecule has 0 saturated carbocycles. The van der Waals surface area contributed by atoms with Gasteiger partial charge in [0.05, 0.1) is 6.54 Å². The second kappa shape index (κ2) is 9.71. The molecule has 2 aromatic rings. The molecule has 0 saturated heterocycles. The van der Waals surface area contributed by atoms with E-state index >= 15 is 0 Å². The highest BCUT2D eigenvalue weighted by molar-refractivity contribution is 5.93. The molecule has 5 nitrogen and oxygen atoms in total. The zero-order valence-electron chi connectivity index (χ0n) is 16.4. The van der Waals surface area contributed by atoms with Crippen LogP contribution in [0.1, 0.15) is 28.4 Å². The van der Waals surface area contributed by atoms with Gasteiger partial charge in [-0.15, -0.1) is 0 Å². The van der Waals surface area contributed by atoms with Crippen molar-refractivity contribution in [2.24, 2.45) is 4.99 Å². The Labute approximate surface area is 160 Å². The summed E-state index contributed by atoms with van der Waals surface area (Å²) in [4.78, 5) is 20.2. The minimum Gasteiger partial charge on any atom is -0.357 e. The van der Waals surface area contributed by atoms with Crippen LogP contribution in [0.5, 0.6) is 0 Å². The van der Waals surface area contributed by atoms with Gasteiger partial charge in [-0.1, -0.05) is 24.3 Å². The molecular formula is C21H27FN4O. The lowest BCUT2D eigenvalue weighted by Crippen LogP contribution is -2.38. The van der Waals surface area contributed by atoms with Crippen LogP contribution in [0.2, 0.25) is 0 Å². The fraction of sp³-hybridized carbons (Fsp3) is 0.333. The van der Waals surface area contributed by atoms with Crippen molar-refractivity contribution < 1.29 is 9.18 Å². The molecule has 144 valence electrons. The smallest absolute Gasteiger partial charge is 0.253 e. The summed E-state index contributed by atoms with van der Waals surface area (Å²) in [5, 5.41) is 3.27. The Morgan fingerprint density at radius 2 is 1.59 bits per heavy atom. The second-order valence-electron chi connectivity index (χ2n) is 6.55. The molecule has 0 radical (unpaired) electrons. The van der Waals surface area contributed by atoms with Crippen LogP contribution in [-0.4, -0.2) is 49.4 Å². The first kappa shape index (κ1) is 20.4. The maximum Gasteiger partial charge on any atom is 0.253 e. The number of amides is 1. The number of hydrogen-bond donors (Lipinski definition) is 1. The number of aliphatic imine (C=N–C) groups is 1. The molecular weight excluding hydrogens is 343 g/mol. The third-order valence-electron chi connectivity index (χ3n) is 4.05. The molecule has 0 aliphatic heterocycles. The van der Waals surface area contributed by atoms with Gasteiger partial charge in [0.25, 0.3) is 5.91 Å². The molecule has 0 aliphatic rings. The lowest BCUT2D eigenvalue weighted by atomic mass is 10.1. The molecule has 27 heavy (non-hydrogen) atoms. The fourth-order valence-electron chi connectivity index (χ4n) is 2.59. The zero-order chi connectivity index (χ0) is 19.8. The van der Waals surface area contributed by atoms with Crippen molar-refractivity contribution in [3.8, 4) is 0 Å². The first-order valence-corrected chi connectivity index (χ1v) is 8.95. The van der Waals surface area contributed by atoms with E-state index in [0.717, 1.165) is 23.6 Å². The van der Waals surface area contributed by atoms with E-state index in [2.05, 4.69) is 10.3 Å². The van der Waals surface area contributed by atoms with E-state index < -0.39 is 0 Å². The van der Waals surface area contributed by atoms with Crippen molar-refractivity contribution in [2.75, 3.05) is 27.7 Å². The predicted molar refractivity (Wildman–Crippen MR) is 107 cm³/mol. The zero-order valence-corrected chi connectivity index (χ0v) is 16.4. The van der Waals surface area contributed by atoms with Gasteiger partial charge in [-0.05, 0) is 42.3 Å². The van der Waals surface area contributed by atoms with Crippen molar-refractivity contribution >= 4 is 11.9 Å². The molecule has 0 heterocycles. The summed E-state index contributed by atoms with van der Waals surface area (Å²) >= 11 is 0. The van der Waals surface area contributed by atoms with Gasteiger partial charge in [0.15, 0.2) is 5.96 Å². The van der Waals surface area contributed by atoms with Gasteiger partial charge in [0, 0.05) is 39.8 Å². The highest BCUT2D eigenvalue weighted by Gasteiger charge is 2.09. The van der Waals surface area contributed by atoms with E-state index in [4.69, 9.17) is 0 Å². The Balaban J connectivity index is 2.05. The van der Waals surface area contributed by atoms with E-state index in [9.17, 15) is 9.18 Å². The molecule has 2 aromatic carbocycles. The van der Waals surface area contributed by atoms with Crippen LogP contribution in [0.15, 0.2) is 53.5 Å². The largest absolute Gasteiger partial charge is 0.357 e. The molecule has 0 atom stereocenters. The quantitative estimate of drug-likeness (QED) is 0.628. The number of rotatable bonds is 6. The highest BCUT2D eigenvalue weighted by atomic mass is 19.1. The summed E-state index contributed by atoms with van der Waals surface area (Å²) in [6.45, 7) is 3.90. The number of hydrogen-bond acceptors (Lipinski definition) is 2. The predicted octanol–water partition coefficient (Wildman–Crippen LogP) is 3.13. The summed E-state index contributed by atoms with van der Waals surface area (Å²) < 4.78 is 13.1. The molecule has 1 N–H and O–H groups in total. The number of guanidine groups is 1. The maximum absolute atomic E-state index is 13.1. The van der Waals surface area contributed by atoms with Crippen molar-refractivity contribution in [2.45, 2.75) is 20.0 Å². The van der Waals surface area contributed by atoms with Gasteiger partial charge >= 0.3 is 0 Å². The van der Waals surface area contributed by atoms with Gasteiger partial charge in [-0.2, -0.15) is 0 Å². The number of nitrogens with zero attached hydrogens (tertiary/aromatic N) is 3. The first-order chi connectivity index (χ1) is 12.9. The number of carbonyl (C=O) groups is 1. The third-order valence-corrected chi connectivity index (χ3v) is 4.05. The van der Waals surface area contributed by atoms with E-state index in [-0.39, 0.29) is 11.7 Å². The Hall–Kier alpha value is -2.89. The summed E-state index contributed by atoms with van der Waals surface area (Å²) in [7, 11) is 5.42. The Kier molecular flexibility index (Phi) is 7.34. The van der Waals surface area contributed by atoms with Crippen LogP contribution in [0.4, 0.5) is 4.39 Å². The molecule has 1 amide bonds. The standard InChI is InChI=1S/C21H27FN4O/c1-5-23-21(26(4)15-17-8-12-19(22)13-9-17)24-14-16-6-10-18(11-7-16)20(27)25(2)3/h6-13H,5,14-15H2,1-4H3,(H,23,24). The minimum atomic E-state index is -0.238. The van der Waals surface area contributed by atoms with E-state index in [0.29, 0.717) is 18.7 Å². The van der Waals surface area contributed by atoms with E-state index in [1.165, 1.54) is 12.1 Å². The topological polar surface area (TPSA) is 47.9 Å². The third kappa shape index (κ3) is 6.09. The van der Waals surface area contributed by atoms with Gasteiger partial charge in [-0.25, -0.2) is 9.38 Å². The molecule has 0 unspecified atom stereocenters. The monoisotopic (exact) mass is 370 g/mol. The van der Waals surface area contributed by atoms with Gasteiger partial charge in [-0.3, -0.25) is 4.79 Å². The average molecular weight is 370 g/mol. The lowest BCUT2D eigenvalue weighted by molar-refractivity contribution is 0.0827. The molecule has 2 rings (SSSR count). The SMILES string of the molecule is CCNC(=NCc1ccc(C(=O)N(C)C)cc1)N(C)Cc1ccc(F)cc1. The Morgan fingerprint density at radius 1 is 1.00 bits per heavy atom. The Bertz CT molecular complexity index is 770. The summed E-state index contributed by atoms with van der Waals surface area (Å²) in [5.74, 6) is 0.519. The molecule has 6 heteroatoms. The summed E-state index contributed by atoms with van der Waals surface area (Å²) in [6, 6.07) is 14.0. The van der Waals surface area contributed by atoms with Gasteiger partial charge < -0.3 is 15.1 Å². The number of halogens is 1. The number of nitrogens with one attached hydrogen (secondary N) is 1.